The first-order valence-electron chi connectivity index (χ1n) is 7.57. The van der Waals surface area contributed by atoms with Crippen LogP contribution in [-0.2, 0) is 0 Å². The van der Waals surface area contributed by atoms with Gasteiger partial charge in [0.15, 0.2) is 0 Å². The van der Waals surface area contributed by atoms with Crippen LogP contribution in [0.5, 0.6) is 0 Å². The maximum Gasteiger partial charge on any atom is 0.140 e. The molecule has 0 aromatic carbocycles. The molecule has 2 N–H and O–H groups in total. The maximum atomic E-state index is 4.83. The van der Waals surface area contributed by atoms with Crippen molar-refractivity contribution in [2.75, 3.05) is 5.32 Å². The van der Waals surface area contributed by atoms with Gasteiger partial charge in [0.1, 0.15) is 17.3 Å². The number of aromatic nitrogens is 5. The standard InChI is InChI=1S/C18H12N6/c1-3-11(9-19-6-1)17-23-15-12-5-8-20-10-14(12)22-18-13(16(15)24-17)4-2-7-21-18/h1-10H,(H,21,22)(H,23,24). The van der Waals surface area contributed by atoms with Gasteiger partial charge in [-0.25, -0.2) is 9.97 Å². The number of nitrogens with zero attached hydrogens (tertiary/aromatic N) is 4. The lowest BCUT2D eigenvalue weighted by Gasteiger charge is -2.07. The Morgan fingerprint density at radius 1 is 0.833 bits per heavy atom. The number of nitrogens with one attached hydrogen (secondary N) is 2. The molecule has 0 saturated heterocycles. The fourth-order valence-electron chi connectivity index (χ4n) is 2.94. The van der Waals surface area contributed by atoms with E-state index < -0.39 is 0 Å². The Morgan fingerprint density at radius 3 is 2.67 bits per heavy atom. The van der Waals surface area contributed by atoms with Crippen LogP contribution in [0.2, 0.25) is 0 Å². The van der Waals surface area contributed by atoms with Crippen LogP contribution in [0.15, 0.2) is 61.3 Å². The SMILES string of the molecule is c1cncc(-c2nc3c([nH]2)-c2ccncc2Nc2ncccc2-3)c1. The molecule has 114 valence electrons. The van der Waals surface area contributed by atoms with Crippen LogP contribution in [0, 0.1) is 0 Å². The van der Waals surface area contributed by atoms with E-state index in [1.54, 1.807) is 31.0 Å². The van der Waals surface area contributed by atoms with E-state index >= 15 is 0 Å². The highest BCUT2D eigenvalue weighted by atomic mass is 15.0. The topological polar surface area (TPSA) is 79.4 Å². The molecule has 1 aliphatic rings. The molecule has 0 spiro atoms. The average Bonchev–Trinajstić information content (AvgIpc) is 3.03. The molecule has 5 heterocycles. The van der Waals surface area contributed by atoms with Gasteiger partial charge in [0.05, 0.1) is 17.6 Å². The Labute approximate surface area is 137 Å². The molecule has 0 radical (unpaired) electrons. The fraction of sp³-hybridized carbons (Fsp3) is 0. The number of hydrogen-bond acceptors (Lipinski definition) is 5. The molecular formula is C18H12N6. The lowest BCUT2D eigenvalue weighted by molar-refractivity contribution is 1.25. The molecule has 6 nitrogen and oxygen atoms in total. The van der Waals surface area contributed by atoms with E-state index in [-0.39, 0.29) is 0 Å². The molecule has 0 atom stereocenters. The molecule has 0 amide bonds. The van der Waals surface area contributed by atoms with Gasteiger partial charge in [-0.1, -0.05) is 0 Å². The van der Waals surface area contributed by atoms with Gasteiger partial charge < -0.3 is 10.3 Å². The van der Waals surface area contributed by atoms with Crippen molar-refractivity contribution in [3.05, 3.63) is 61.3 Å². The average molecular weight is 312 g/mol. The number of H-pyrrole nitrogens is 1. The second kappa shape index (κ2) is 4.99. The monoisotopic (exact) mass is 312 g/mol. The van der Waals surface area contributed by atoms with E-state index in [1.165, 1.54) is 0 Å². The summed E-state index contributed by atoms with van der Waals surface area (Å²) in [6, 6.07) is 9.79. The highest BCUT2D eigenvalue weighted by molar-refractivity contribution is 5.95. The number of pyridine rings is 3. The Bertz CT molecular complexity index is 975. The van der Waals surface area contributed by atoms with E-state index in [0.29, 0.717) is 0 Å². The zero-order valence-corrected chi connectivity index (χ0v) is 12.6. The third-order valence-corrected chi connectivity index (χ3v) is 4.05. The summed E-state index contributed by atoms with van der Waals surface area (Å²) in [5.41, 5.74) is 5.63. The van der Waals surface area contributed by atoms with Gasteiger partial charge in [-0.2, -0.15) is 0 Å². The minimum Gasteiger partial charge on any atom is -0.338 e. The normalized spacial score (nSPS) is 11.7. The molecule has 4 aromatic heterocycles. The molecule has 1 aliphatic heterocycles. The van der Waals surface area contributed by atoms with Gasteiger partial charge in [0, 0.05) is 41.5 Å². The first-order chi connectivity index (χ1) is 11.9. The van der Waals surface area contributed by atoms with Crippen LogP contribution >= 0.6 is 0 Å². The number of fused-ring (bicyclic) bond motifs is 5. The summed E-state index contributed by atoms with van der Waals surface area (Å²) in [6.07, 6.45) is 8.89. The minimum atomic E-state index is 0.773. The summed E-state index contributed by atoms with van der Waals surface area (Å²) >= 11 is 0. The molecule has 0 unspecified atom stereocenters. The molecule has 0 bridgehead atoms. The lowest BCUT2D eigenvalue weighted by Crippen LogP contribution is -1.95. The highest BCUT2D eigenvalue weighted by Gasteiger charge is 2.23. The van der Waals surface area contributed by atoms with Crippen molar-refractivity contribution >= 4 is 11.5 Å². The van der Waals surface area contributed by atoms with Gasteiger partial charge in [-0.3, -0.25) is 9.97 Å². The first-order valence-corrected chi connectivity index (χ1v) is 7.57. The smallest absolute Gasteiger partial charge is 0.140 e. The van der Waals surface area contributed by atoms with Crippen molar-refractivity contribution in [3.63, 3.8) is 0 Å². The number of hydrogen-bond donors (Lipinski definition) is 2. The highest BCUT2D eigenvalue weighted by Crippen LogP contribution is 2.42. The summed E-state index contributed by atoms with van der Waals surface area (Å²) in [5, 5.41) is 3.35. The van der Waals surface area contributed by atoms with Crippen molar-refractivity contribution < 1.29 is 0 Å². The van der Waals surface area contributed by atoms with Gasteiger partial charge >= 0.3 is 0 Å². The maximum absolute atomic E-state index is 4.83. The fourth-order valence-corrected chi connectivity index (χ4v) is 2.94. The Kier molecular flexibility index (Phi) is 2.69. The second-order valence-electron chi connectivity index (χ2n) is 5.50. The van der Waals surface area contributed by atoms with Crippen LogP contribution < -0.4 is 5.32 Å². The summed E-state index contributed by atoms with van der Waals surface area (Å²) in [5.74, 6) is 1.56. The van der Waals surface area contributed by atoms with E-state index in [0.717, 1.165) is 45.4 Å². The Balaban J connectivity index is 1.82. The van der Waals surface area contributed by atoms with Crippen LogP contribution in [0.1, 0.15) is 0 Å². The molecule has 0 fully saturated rings. The Morgan fingerprint density at radius 2 is 1.75 bits per heavy atom. The minimum absolute atomic E-state index is 0.773. The zero-order valence-electron chi connectivity index (χ0n) is 12.6. The number of anilines is 2. The largest absolute Gasteiger partial charge is 0.338 e. The lowest BCUT2D eigenvalue weighted by atomic mass is 10.1. The van der Waals surface area contributed by atoms with Crippen LogP contribution in [0.3, 0.4) is 0 Å². The summed E-state index contributed by atoms with van der Waals surface area (Å²) in [7, 11) is 0. The van der Waals surface area contributed by atoms with E-state index in [9.17, 15) is 0 Å². The number of imidazole rings is 1. The zero-order chi connectivity index (χ0) is 15.9. The number of rotatable bonds is 1. The predicted molar refractivity (Wildman–Crippen MR) is 91.6 cm³/mol. The van der Waals surface area contributed by atoms with Crippen molar-refractivity contribution in [1.82, 2.24) is 24.9 Å². The molecule has 4 aromatic rings. The van der Waals surface area contributed by atoms with Crippen molar-refractivity contribution in [2.24, 2.45) is 0 Å². The third kappa shape index (κ3) is 1.90. The molecule has 24 heavy (non-hydrogen) atoms. The van der Waals surface area contributed by atoms with Crippen molar-refractivity contribution in [2.45, 2.75) is 0 Å². The second-order valence-corrected chi connectivity index (χ2v) is 5.50. The van der Waals surface area contributed by atoms with Gasteiger partial charge in [0.25, 0.3) is 0 Å². The third-order valence-electron chi connectivity index (χ3n) is 4.05. The van der Waals surface area contributed by atoms with Crippen LogP contribution in [-0.4, -0.2) is 24.9 Å². The molecular weight excluding hydrogens is 300 g/mol. The van der Waals surface area contributed by atoms with Gasteiger partial charge in [-0.15, -0.1) is 0 Å². The molecule has 0 saturated carbocycles. The predicted octanol–water partition coefficient (Wildman–Crippen LogP) is 3.65. The van der Waals surface area contributed by atoms with Gasteiger partial charge in [0.2, 0.25) is 0 Å². The van der Waals surface area contributed by atoms with Crippen molar-refractivity contribution in [3.8, 4) is 33.9 Å². The van der Waals surface area contributed by atoms with Crippen LogP contribution in [0.4, 0.5) is 11.5 Å². The molecule has 0 aliphatic carbocycles. The summed E-state index contributed by atoms with van der Waals surface area (Å²) < 4.78 is 0. The molecule has 5 rings (SSSR count). The number of aromatic amines is 1. The van der Waals surface area contributed by atoms with E-state index in [2.05, 4.69) is 25.3 Å². The summed E-state index contributed by atoms with van der Waals surface area (Å²) in [6.45, 7) is 0. The van der Waals surface area contributed by atoms with Gasteiger partial charge in [-0.05, 0) is 30.3 Å². The molecule has 6 heteroatoms. The first kappa shape index (κ1) is 13.0. The van der Waals surface area contributed by atoms with Crippen LogP contribution in [0.25, 0.3) is 33.9 Å². The summed E-state index contributed by atoms with van der Waals surface area (Å²) in [4.78, 5) is 21.1. The van der Waals surface area contributed by atoms with E-state index in [4.69, 9.17) is 4.98 Å². The van der Waals surface area contributed by atoms with Crippen molar-refractivity contribution in [1.29, 1.82) is 0 Å². The quantitative estimate of drug-likeness (QED) is 0.494. The Hall–Kier alpha value is -3.54. The van der Waals surface area contributed by atoms with E-state index in [1.807, 2.05) is 30.3 Å².